The number of benzene rings is 4. The highest BCUT2D eigenvalue weighted by molar-refractivity contribution is 6.05. The van der Waals surface area contributed by atoms with E-state index in [0.29, 0.717) is 24.5 Å². The molecule has 0 atom stereocenters. The molecule has 0 saturated heterocycles. The third-order valence-electron chi connectivity index (χ3n) is 5.76. The number of nitrogens with one attached hydrogen (secondary N) is 1. The number of anilines is 2. The van der Waals surface area contributed by atoms with Crippen LogP contribution in [-0.2, 0) is 13.2 Å². The van der Waals surface area contributed by atoms with Gasteiger partial charge in [-0.3, -0.25) is 4.79 Å². The van der Waals surface area contributed by atoms with Crippen LogP contribution in [0, 0.1) is 0 Å². The van der Waals surface area contributed by atoms with Crippen molar-refractivity contribution in [1.29, 1.82) is 0 Å². The molecule has 34 heavy (non-hydrogen) atoms. The summed E-state index contributed by atoms with van der Waals surface area (Å²) < 4.78 is 11.7. The number of carbonyl (C=O) groups is 1. The van der Waals surface area contributed by atoms with Crippen LogP contribution >= 0.6 is 0 Å². The Morgan fingerprint density at radius 1 is 0.853 bits per heavy atom. The van der Waals surface area contributed by atoms with Crippen molar-refractivity contribution in [1.82, 2.24) is 0 Å². The number of amides is 1. The lowest BCUT2D eigenvalue weighted by molar-refractivity contribution is 0.102. The third-order valence-corrected chi connectivity index (χ3v) is 5.76. The molecule has 1 N–H and O–H groups in total. The molecule has 1 amide bonds. The molecule has 4 aromatic carbocycles. The van der Waals surface area contributed by atoms with Crippen molar-refractivity contribution in [2.75, 3.05) is 23.4 Å². The highest BCUT2D eigenvalue weighted by atomic mass is 16.5. The van der Waals surface area contributed by atoms with E-state index in [1.165, 1.54) is 5.56 Å². The lowest BCUT2D eigenvalue weighted by Gasteiger charge is -2.31. The van der Waals surface area contributed by atoms with Crippen molar-refractivity contribution in [3.8, 4) is 11.5 Å². The number of hydrogen-bond acceptors (Lipinski definition) is 4. The molecule has 0 unspecified atom stereocenters. The van der Waals surface area contributed by atoms with E-state index in [1.807, 2.05) is 91.0 Å². The normalized spacial score (nSPS) is 12.4. The van der Waals surface area contributed by atoms with Gasteiger partial charge < -0.3 is 19.7 Å². The van der Waals surface area contributed by atoms with Crippen molar-refractivity contribution in [3.05, 3.63) is 120 Å². The number of rotatable bonds is 7. The van der Waals surface area contributed by atoms with Crippen LogP contribution < -0.4 is 19.7 Å². The Balaban J connectivity index is 1.22. The Labute approximate surface area is 199 Å². The minimum Gasteiger partial charge on any atom is -0.490 e. The molecule has 0 spiro atoms. The van der Waals surface area contributed by atoms with Gasteiger partial charge in [0, 0.05) is 17.8 Å². The first-order valence-electron chi connectivity index (χ1n) is 11.4. The Morgan fingerprint density at radius 2 is 1.56 bits per heavy atom. The van der Waals surface area contributed by atoms with Crippen molar-refractivity contribution < 1.29 is 14.3 Å². The molecule has 0 bridgehead atoms. The second kappa shape index (κ2) is 10.1. The van der Waals surface area contributed by atoms with E-state index in [1.54, 1.807) is 0 Å². The van der Waals surface area contributed by atoms with Crippen molar-refractivity contribution >= 4 is 17.3 Å². The lowest BCUT2D eigenvalue weighted by atomic mass is 10.1. The fourth-order valence-corrected chi connectivity index (χ4v) is 3.97. The zero-order chi connectivity index (χ0) is 23.2. The number of nitrogens with zero attached hydrogens (tertiary/aromatic N) is 1. The average molecular weight is 451 g/mol. The van der Waals surface area contributed by atoms with Gasteiger partial charge in [-0.2, -0.15) is 0 Å². The standard InChI is InChI=1S/C29H26N2O3/c32-29(30-25-12-14-26(15-13-25)34-21-23-9-5-2-6-10-23)24-11-16-27-28(19-24)33-18-17-31(27)20-22-7-3-1-4-8-22/h1-16,19H,17-18,20-21H2,(H,30,32). The van der Waals surface area contributed by atoms with E-state index in [-0.39, 0.29) is 5.91 Å². The van der Waals surface area contributed by atoms with E-state index in [9.17, 15) is 4.79 Å². The van der Waals surface area contributed by atoms with Crippen molar-refractivity contribution in [2.24, 2.45) is 0 Å². The molecular weight excluding hydrogens is 424 g/mol. The van der Waals surface area contributed by atoms with Crippen LogP contribution in [-0.4, -0.2) is 19.1 Å². The van der Waals surface area contributed by atoms with Crippen LogP contribution in [0.1, 0.15) is 21.5 Å². The molecule has 0 radical (unpaired) electrons. The maximum absolute atomic E-state index is 12.9. The summed E-state index contributed by atoms with van der Waals surface area (Å²) in [5.41, 5.74) is 4.63. The lowest BCUT2D eigenvalue weighted by Crippen LogP contribution is -2.32. The van der Waals surface area contributed by atoms with Gasteiger partial charge in [-0.15, -0.1) is 0 Å². The summed E-state index contributed by atoms with van der Waals surface area (Å²) in [6.45, 7) is 2.71. The number of fused-ring (bicyclic) bond motifs is 1. The molecule has 5 heteroatoms. The van der Waals surface area contributed by atoms with Crippen LogP contribution in [0.15, 0.2) is 103 Å². The third kappa shape index (κ3) is 5.21. The van der Waals surface area contributed by atoms with E-state index in [0.717, 1.165) is 35.8 Å². The second-order valence-corrected chi connectivity index (χ2v) is 8.19. The van der Waals surface area contributed by atoms with E-state index >= 15 is 0 Å². The smallest absolute Gasteiger partial charge is 0.255 e. The van der Waals surface area contributed by atoms with Gasteiger partial charge in [0.2, 0.25) is 0 Å². The maximum atomic E-state index is 12.9. The zero-order valence-corrected chi connectivity index (χ0v) is 18.8. The summed E-state index contributed by atoms with van der Waals surface area (Å²) in [5, 5.41) is 2.95. The first-order valence-corrected chi connectivity index (χ1v) is 11.4. The molecule has 1 aliphatic heterocycles. The molecule has 170 valence electrons. The van der Waals surface area contributed by atoms with Gasteiger partial charge >= 0.3 is 0 Å². The second-order valence-electron chi connectivity index (χ2n) is 8.19. The summed E-state index contributed by atoms with van der Waals surface area (Å²) >= 11 is 0. The van der Waals surface area contributed by atoms with Gasteiger partial charge in [0.1, 0.15) is 24.7 Å². The molecule has 0 saturated carbocycles. The van der Waals surface area contributed by atoms with Gasteiger partial charge in [0.15, 0.2) is 0 Å². The minimum absolute atomic E-state index is 0.176. The number of carbonyl (C=O) groups excluding carboxylic acids is 1. The van der Waals surface area contributed by atoms with Gasteiger partial charge in [-0.25, -0.2) is 0 Å². The Kier molecular flexibility index (Phi) is 6.43. The van der Waals surface area contributed by atoms with Crippen molar-refractivity contribution in [3.63, 3.8) is 0 Å². The molecule has 0 aliphatic carbocycles. The molecular formula is C29H26N2O3. The monoisotopic (exact) mass is 450 g/mol. The number of hydrogen-bond donors (Lipinski definition) is 1. The van der Waals surface area contributed by atoms with E-state index < -0.39 is 0 Å². The van der Waals surface area contributed by atoms with E-state index in [2.05, 4.69) is 22.3 Å². The zero-order valence-electron chi connectivity index (χ0n) is 18.8. The predicted molar refractivity (Wildman–Crippen MR) is 135 cm³/mol. The Bertz CT molecular complexity index is 1240. The van der Waals surface area contributed by atoms with Crippen LogP contribution in [0.25, 0.3) is 0 Å². The summed E-state index contributed by atoms with van der Waals surface area (Å²) in [6.07, 6.45) is 0. The van der Waals surface area contributed by atoms with Crippen molar-refractivity contribution in [2.45, 2.75) is 13.2 Å². The summed E-state index contributed by atoms with van der Waals surface area (Å²) in [5.74, 6) is 1.31. The summed E-state index contributed by atoms with van der Waals surface area (Å²) in [4.78, 5) is 15.1. The quantitative estimate of drug-likeness (QED) is 0.380. The Morgan fingerprint density at radius 3 is 2.29 bits per heavy atom. The minimum atomic E-state index is -0.176. The predicted octanol–water partition coefficient (Wildman–Crippen LogP) is 5.92. The average Bonchev–Trinajstić information content (AvgIpc) is 2.89. The largest absolute Gasteiger partial charge is 0.490 e. The molecule has 4 aromatic rings. The topological polar surface area (TPSA) is 50.8 Å². The van der Waals surface area contributed by atoms with Crippen LogP contribution in [0.5, 0.6) is 11.5 Å². The van der Waals surface area contributed by atoms with Gasteiger partial charge in [-0.05, 0) is 53.6 Å². The fraction of sp³-hybridized carbons (Fsp3) is 0.138. The SMILES string of the molecule is O=C(Nc1ccc(OCc2ccccc2)cc1)c1ccc2c(c1)OCCN2Cc1ccccc1. The molecule has 0 fully saturated rings. The number of ether oxygens (including phenoxy) is 2. The highest BCUT2D eigenvalue weighted by Gasteiger charge is 2.20. The molecule has 1 aliphatic rings. The van der Waals surface area contributed by atoms with E-state index in [4.69, 9.17) is 9.47 Å². The Hall–Kier alpha value is -4.25. The first-order chi connectivity index (χ1) is 16.7. The fourth-order valence-electron chi connectivity index (χ4n) is 3.97. The summed E-state index contributed by atoms with van der Waals surface area (Å²) in [7, 11) is 0. The van der Waals surface area contributed by atoms with Gasteiger partial charge in [0.25, 0.3) is 5.91 Å². The van der Waals surface area contributed by atoms with Gasteiger partial charge in [0.05, 0.1) is 12.2 Å². The maximum Gasteiger partial charge on any atom is 0.255 e. The molecule has 1 heterocycles. The highest BCUT2D eigenvalue weighted by Crippen LogP contribution is 2.33. The molecule has 0 aromatic heterocycles. The van der Waals surface area contributed by atoms with Crippen LogP contribution in [0.4, 0.5) is 11.4 Å². The van der Waals surface area contributed by atoms with Crippen LogP contribution in [0.2, 0.25) is 0 Å². The van der Waals surface area contributed by atoms with Gasteiger partial charge in [-0.1, -0.05) is 60.7 Å². The first kappa shape index (κ1) is 21.6. The molecule has 5 rings (SSSR count). The van der Waals surface area contributed by atoms with Crippen LogP contribution in [0.3, 0.4) is 0 Å². The molecule has 5 nitrogen and oxygen atoms in total. The summed E-state index contributed by atoms with van der Waals surface area (Å²) in [6, 6.07) is 33.4.